The highest BCUT2D eigenvalue weighted by atomic mass is 35.5. The number of hydrogen-bond donors (Lipinski definition) is 1. The minimum atomic E-state index is -0.336. The van der Waals surface area contributed by atoms with Crippen LogP contribution in [-0.4, -0.2) is 18.0 Å². The summed E-state index contributed by atoms with van der Waals surface area (Å²) in [6.45, 7) is 3.80. The Kier molecular flexibility index (Phi) is 6.40. The summed E-state index contributed by atoms with van der Waals surface area (Å²) in [5, 5.41) is 3.51. The minimum Gasteiger partial charge on any atom is -0.462 e. The number of halogens is 2. The molecule has 0 unspecified atom stereocenters. The largest absolute Gasteiger partial charge is 0.462 e. The van der Waals surface area contributed by atoms with Crippen molar-refractivity contribution >= 4 is 35.1 Å². The number of carbonyl (C=O) groups is 1. The number of rotatable bonds is 3. The number of amides is 1. The molecule has 0 bridgehead atoms. The summed E-state index contributed by atoms with van der Waals surface area (Å²) >= 11 is 11.9. The molecule has 6 heteroatoms. The third kappa shape index (κ3) is 5.02. The van der Waals surface area contributed by atoms with Crippen molar-refractivity contribution in [1.29, 1.82) is 0 Å². The Morgan fingerprint density at radius 3 is 2.70 bits per heavy atom. The number of fused-ring (bicyclic) bond motifs is 1. The molecule has 2 aromatic carbocycles. The molecule has 2 aromatic rings. The molecule has 0 heterocycles. The van der Waals surface area contributed by atoms with Gasteiger partial charge < -0.3 is 4.74 Å². The fourth-order valence-electron chi connectivity index (χ4n) is 3.13. The first-order chi connectivity index (χ1) is 12.9. The van der Waals surface area contributed by atoms with Crippen LogP contribution in [-0.2, 0) is 11.2 Å². The summed E-state index contributed by atoms with van der Waals surface area (Å²) in [7, 11) is 0. The smallest absolute Gasteiger partial charge is 0.292 e. The highest BCUT2D eigenvalue weighted by Gasteiger charge is 2.21. The number of aryl methyl sites for hydroxylation is 1. The number of nitrogens with zero attached hydrogens (tertiary/aromatic N) is 1. The van der Waals surface area contributed by atoms with Crippen LogP contribution in [0.3, 0.4) is 0 Å². The SMILES string of the molecule is CC(C)OC(=N[C@H]1CCCc2ccccc21)NC(=O)c1ccc(Cl)c(Cl)c1. The van der Waals surface area contributed by atoms with Crippen LogP contribution in [0.4, 0.5) is 0 Å². The van der Waals surface area contributed by atoms with E-state index in [0.717, 1.165) is 19.3 Å². The van der Waals surface area contributed by atoms with Gasteiger partial charge in [-0.1, -0.05) is 47.5 Å². The fourth-order valence-corrected chi connectivity index (χ4v) is 3.42. The molecule has 1 aliphatic rings. The van der Waals surface area contributed by atoms with Crippen molar-refractivity contribution in [3.05, 3.63) is 69.2 Å². The number of benzene rings is 2. The highest BCUT2D eigenvalue weighted by molar-refractivity contribution is 6.42. The van der Waals surface area contributed by atoms with Gasteiger partial charge in [0.05, 0.1) is 22.2 Å². The van der Waals surface area contributed by atoms with Crippen LogP contribution in [0.1, 0.15) is 54.2 Å². The van der Waals surface area contributed by atoms with Gasteiger partial charge in [0, 0.05) is 5.56 Å². The molecule has 0 fully saturated rings. The summed E-state index contributed by atoms with van der Waals surface area (Å²) in [5.74, 6) is -0.336. The molecule has 0 saturated carbocycles. The number of aliphatic imine (C=N–C) groups is 1. The Hall–Kier alpha value is -2.04. The van der Waals surface area contributed by atoms with Crippen molar-refractivity contribution in [3.63, 3.8) is 0 Å². The molecule has 0 radical (unpaired) electrons. The van der Waals surface area contributed by atoms with Gasteiger partial charge in [0.15, 0.2) is 0 Å². The van der Waals surface area contributed by atoms with E-state index in [9.17, 15) is 4.79 Å². The van der Waals surface area contributed by atoms with Crippen molar-refractivity contribution in [3.8, 4) is 0 Å². The molecule has 0 aliphatic heterocycles. The van der Waals surface area contributed by atoms with E-state index >= 15 is 0 Å². The number of amidine groups is 1. The molecule has 1 N–H and O–H groups in total. The minimum absolute atomic E-state index is 0.0298. The van der Waals surface area contributed by atoms with Crippen LogP contribution in [0.15, 0.2) is 47.5 Å². The van der Waals surface area contributed by atoms with Gasteiger partial charge in [-0.3, -0.25) is 10.1 Å². The Morgan fingerprint density at radius 2 is 1.96 bits per heavy atom. The summed E-state index contributed by atoms with van der Waals surface area (Å²) in [4.78, 5) is 17.3. The van der Waals surface area contributed by atoms with Crippen LogP contribution >= 0.6 is 23.2 Å². The lowest BCUT2D eigenvalue weighted by atomic mass is 9.88. The normalized spacial score (nSPS) is 16.8. The van der Waals surface area contributed by atoms with Gasteiger partial charge in [-0.2, -0.15) is 0 Å². The van der Waals surface area contributed by atoms with Crippen LogP contribution in [0.5, 0.6) is 0 Å². The molecule has 4 nitrogen and oxygen atoms in total. The summed E-state index contributed by atoms with van der Waals surface area (Å²) in [6, 6.07) is 13.2. The first-order valence-corrected chi connectivity index (χ1v) is 9.78. The number of ether oxygens (including phenoxy) is 1. The number of hydrogen-bond acceptors (Lipinski definition) is 3. The van der Waals surface area contributed by atoms with E-state index in [2.05, 4.69) is 17.4 Å². The monoisotopic (exact) mass is 404 g/mol. The van der Waals surface area contributed by atoms with E-state index < -0.39 is 0 Å². The Labute approximate surface area is 169 Å². The molecule has 0 aromatic heterocycles. The average Bonchev–Trinajstić information content (AvgIpc) is 2.63. The van der Waals surface area contributed by atoms with E-state index in [1.165, 1.54) is 17.2 Å². The quantitative estimate of drug-likeness (QED) is 0.535. The molecule has 27 heavy (non-hydrogen) atoms. The lowest BCUT2D eigenvalue weighted by molar-refractivity contribution is 0.0959. The van der Waals surface area contributed by atoms with Crippen molar-refractivity contribution in [2.45, 2.75) is 45.3 Å². The zero-order valence-electron chi connectivity index (χ0n) is 15.3. The zero-order chi connectivity index (χ0) is 19.4. The van der Waals surface area contributed by atoms with Crippen molar-refractivity contribution in [1.82, 2.24) is 5.32 Å². The fraction of sp³-hybridized carbons (Fsp3) is 0.333. The van der Waals surface area contributed by atoms with Gasteiger partial charge in [-0.15, -0.1) is 0 Å². The molecular weight excluding hydrogens is 383 g/mol. The second-order valence-corrected chi connectivity index (χ2v) is 7.61. The third-order valence-corrected chi connectivity index (χ3v) is 5.10. The van der Waals surface area contributed by atoms with Gasteiger partial charge >= 0.3 is 0 Å². The van der Waals surface area contributed by atoms with Crippen molar-refractivity contribution < 1.29 is 9.53 Å². The number of carbonyl (C=O) groups excluding carboxylic acids is 1. The van der Waals surface area contributed by atoms with Gasteiger partial charge in [0.25, 0.3) is 11.9 Å². The standard InChI is InChI=1S/C21H22Cl2N2O2/c1-13(2)27-21(25-20(26)15-10-11-17(22)18(23)12-15)24-19-9-5-7-14-6-3-4-8-16(14)19/h3-4,6,8,10-13,19H,5,7,9H2,1-2H3,(H,24,25,26)/t19-/m0/s1. The molecule has 1 amide bonds. The summed E-state index contributed by atoms with van der Waals surface area (Å²) in [6.07, 6.45) is 2.92. The van der Waals surface area contributed by atoms with Gasteiger partial charge in [-0.05, 0) is 62.4 Å². The molecular formula is C21H22Cl2N2O2. The van der Waals surface area contributed by atoms with E-state index in [4.69, 9.17) is 32.9 Å². The lowest BCUT2D eigenvalue weighted by Crippen LogP contribution is -2.35. The first-order valence-electron chi connectivity index (χ1n) is 9.02. The van der Waals surface area contributed by atoms with E-state index in [1.807, 2.05) is 26.0 Å². The Morgan fingerprint density at radius 1 is 1.19 bits per heavy atom. The van der Waals surface area contributed by atoms with E-state index in [0.29, 0.717) is 15.6 Å². The van der Waals surface area contributed by atoms with Gasteiger partial charge in [-0.25, -0.2) is 4.99 Å². The highest BCUT2D eigenvalue weighted by Crippen LogP contribution is 2.32. The van der Waals surface area contributed by atoms with Crippen LogP contribution in [0.2, 0.25) is 10.0 Å². The molecule has 3 rings (SSSR count). The van der Waals surface area contributed by atoms with Gasteiger partial charge in [0.2, 0.25) is 0 Å². The average molecular weight is 405 g/mol. The maximum atomic E-state index is 12.6. The topological polar surface area (TPSA) is 50.7 Å². The maximum absolute atomic E-state index is 12.6. The van der Waals surface area contributed by atoms with Crippen LogP contribution < -0.4 is 5.32 Å². The second kappa shape index (κ2) is 8.77. The third-order valence-electron chi connectivity index (χ3n) is 4.36. The van der Waals surface area contributed by atoms with Gasteiger partial charge in [0.1, 0.15) is 0 Å². The van der Waals surface area contributed by atoms with E-state index in [-0.39, 0.29) is 24.1 Å². The summed E-state index contributed by atoms with van der Waals surface area (Å²) in [5.41, 5.74) is 2.89. The summed E-state index contributed by atoms with van der Waals surface area (Å²) < 4.78 is 5.77. The maximum Gasteiger partial charge on any atom is 0.292 e. The van der Waals surface area contributed by atoms with Crippen LogP contribution in [0.25, 0.3) is 0 Å². The lowest BCUT2D eigenvalue weighted by Gasteiger charge is -2.24. The predicted octanol–water partition coefficient (Wildman–Crippen LogP) is 5.58. The Bertz CT molecular complexity index is 865. The predicted molar refractivity (Wildman–Crippen MR) is 110 cm³/mol. The number of nitrogens with one attached hydrogen (secondary N) is 1. The Balaban J connectivity index is 1.85. The first kappa shape index (κ1) is 19.7. The van der Waals surface area contributed by atoms with Crippen molar-refractivity contribution in [2.24, 2.45) is 4.99 Å². The second-order valence-electron chi connectivity index (χ2n) is 6.79. The molecule has 1 atom stereocenters. The van der Waals surface area contributed by atoms with E-state index in [1.54, 1.807) is 12.1 Å². The molecule has 142 valence electrons. The van der Waals surface area contributed by atoms with Crippen LogP contribution in [0, 0.1) is 0 Å². The molecule has 1 aliphatic carbocycles. The molecule has 0 saturated heterocycles. The zero-order valence-corrected chi connectivity index (χ0v) is 16.8. The molecule has 0 spiro atoms. The van der Waals surface area contributed by atoms with Crippen molar-refractivity contribution in [2.75, 3.05) is 0 Å².